The Balaban J connectivity index is 1.77. The monoisotopic (exact) mass is 550 g/mol. The van der Waals surface area contributed by atoms with E-state index in [1.165, 1.54) is 13.8 Å². The highest BCUT2D eigenvalue weighted by Crippen LogP contribution is 2.58. The smallest absolute Gasteiger partial charge is 0.347 e. The van der Waals surface area contributed by atoms with Gasteiger partial charge in [-0.3, -0.25) is 9.59 Å². The highest BCUT2D eigenvalue weighted by molar-refractivity contribution is 6.32. The summed E-state index contributed by atoms with van der Waals surface area (Å²) in [7, 11) is 6.19. The first-order valence-corrected chi connectivity index (χ1v) is 13.0. The third-order valence-electron chi connectivity index (χ3n) is 7.60. The summed E-state index contributed by atoms with van der Waals surface area (Å²) in [6.07, 6.45) is 6.28. The number of carbonyl (C=O) groups excluding carboxylic acids is 2. The van der Waals surface area contributed by atoms with Gasteiger partial charge in [0.2, 0.25) is 11.8 Å². The lowest BCUT2D eigenvalue weighted by molar-refractivity contribution is -0.152. The summed E-state index contributed by atoms with van der Waals surface area (Å²) in [4.78, 5) is 39.4. The van der Waals surface area contributed by atoms with Gasteiger partial charge in [0.1, 0.15) is 19.0 Å². The number of nitrogens with one attached hydrogen (secondary N) is 2. The lowest BCUT2D eigenvalue weighted by Gasteiger charge is -2.49. The number of rotatable bonds is 5. The van der Waals surface area contributed by atoms with Crippen LogP contribution in [-0.4, -0.2) is 36.3 Å². The Labute approximate surface area is 231 Å². The van der Waals surface area contributed by atoms with E-state index >= 15 is 0 Å². The molecule has 0 saturated carbocycles. The Hall–Kier alpha value is -3.23. The number of halogens is 2. The summed E-state index contributed by atoms with van der Waals surface area (Å²) in [5, 5.41) is 16.7. The number of allylic oxidation sites excluding steroid dienone is 4. The zero-order chi connectivity index (χ0) is 27.4. The van der Waals surface area contributed by atoms with E-state index in [1.54, 1.807) is 42.5 Å². The molecule has 5 rings (SSSR count). The molecule has 10 heteroatoms. The average Bonchev–Trinajstić information content (AvgIpc) is 3.12. The number of carbonyl (C=O) groups is 3. The number of ether oxygens (including phenoxy) is 1. The van der Waals surface area contributed by atoms with Crippen molar-refractivity contribution in [1.82, 2.24) is 5.32 Å². The van der Waals surface area contributed by atoms with Gasteiger partial charge in [-0.25, -0.2) is 4.79 Å². The molecule has 2 heterocycles. The minimum Gasteiger partial charge on any atom is -0.478 e. The lowest BCUT2D eigenvalue weighted by Crippen LogP contribution is -2.59. The van der Waals surface area contributed by atoms with Crippen molar-refractivity contribution in [3.63, 3.8) is 0 Å². The van der Waals surface area contributed by atoms with E-state index in [9.17, 15) is 19.5 Å². The first kappa shape index (κ1) is 26.4. The number of carboxylic acids is 1. The molecule has 2 radical (unpaired) electrons. The summed E-state index contributed by atoms with van der Waals surface area (Å²) in [5.41, 5.74) is -0.901. The third kappa shape index (κ3) is 4.30. The van der Waals surface area contributed by atoms with Crippen molar-refractivity contribution in [3.8, 4) is 5.75 Å². The van der Waals surface area contributed by atoms with E-state index in [0.29, 0.717) is 38.8 Å². The molecular formula is C28H25BCl2N2O5. The van der Waals surface area contributed by atoms with E-state index in [1.807, 2.05) is 12.2 Å². The van der Waals surface area contributed by atoms with Gasteiger partial charge < -0.3 is 20.5 Å². The maximum absolute atomic E-state index is 14.2. The quantitative estimate of drug-likeness (QED) is 0.485. The van der Waals surface area contributed by atoms with E-state index < -0.39 is 28.9 Å². The van der Waals surface area contributed by atoms with Crippen LogP contribution in [0.1, 0.15) is 43.9 Å². The summed E-state index contributed by atoms with van der Waals surface area (Å²) < 4.78 is 5.98. The Morgan fingerprint density at radius 1 is 1.18 bits per heavy atom. The fourth-order valence-corrected chi connectivity index (χ4v) is 6.28. The second kappa shape index (κ2) is 9.51. The van der Waals surface area contributed by atoms with E-state index in [-0.39, 0.29) is 29.9 Å². The predicted octanol–water partition coefficient (Wildman–Crippen LogP) is 4.14. The maximum Gasteiger partial charge on any atom is 0.347 e. The Morgan fingerprint density at radius 3 is 2.66 bits per heavy atom. The van der Waals surface area contributed by atoms with Crippen LogP contribution in [0.25, 0.3) is 0 Å². The Bertz CT molecular complexity index is 1420. The molecule has 1 fully saturated rings. The van der Waals surface area contributed by atoms with Crippen LogP contribution in [0.5, 0.6) is 5.75 Å². The molecule has 1 aliphatic carbocycles. The standard InChI is InChI=1S/C28H25BCl2N2O5/c1-27(2,26(36)37)38-22-9-6-15(29)11-18(22)24-28(19-8-7-17(31)12-21(19)32-25(28)35)20(13-23(34)33-24)14-4-3-5-16(30)10-14/h3,5-12,14,20,24H,4,13H2,1-2H3,(H,32,35)(H,33,34)(H,36,37)/t14?,20-,24+,28?/m0/s1. The lowest BCUT2D eigenvalue weighted by atomic mass is 9.56. The molecule has 7 nitrogen and oxygen atoms in total. The van der Waals surface area contributed by atoms with Gasteiger partial charge in [-0.2, -0.15) is 0 Å². The van der Waals surface area contributed by atoms with Gasteiger partial charge in [0.05, 0.1) is 6.04 Å². The van der Waals surface area contributed by atoms with Crippen molar-refractivity contribution in [3.05, 3.63) is 75.8 Å². The van der Waals surface area contributed by atoms with Crippen LogP contribution in [0, 0.1) is 11.8 Å². The first-order valence-electron chi connectivity index (χ1n) is 12.2. The number of amides is 2. The van der Waals surface area contributed by atoms with Gasteiger partial charge in [-0.05, 0) is 61.9 Å². The number of hydrogen-bond acceptors (Lipinski definition) is 4. The van der Waals surface area contributed by atoms with Crippen LogP contribution in [0.3, 0.4) is 0 Å². The molecule has 3 N–H and O–H groups in total. The van der Waals surface area contributed by atoms with Gasteiger partial charge in [0.15, 0.2) is 5.60 Å². The largest absolute Gasteiger partial charge is 0.478 e. The zero-order valence-electron chi connectivity index (χ0n) is 20.8. The molecule has 38 heavy (non-hydrogen) atoms. The summed E-state index contributed by atoms with van der Waals surface area (Å²) in [6, 6.07) is 9.02. The number of hydrogen-bond donors (Lipinski definition) is 3. The number of benzene rings is 2. The van der Waals surface area contributed by atoms with Crippen molar-refractivity contribution >= 4 is 60.0 Å². The molecule has 2 unspecified atom stereocenters. The van der Waals surface area contributed by atoms with E-state index in [2.05, 4.69) is 10.6 Å². The number of carboxylic acid groups (broad SMARTS) is 1. The normalized spacial score (nSPS) is 26.4. The molecule has 0 aromatic heterocycles. The fraction of sp³-hybridized carbons (Fsp3) is 0.321. The second-order valence-corrected chi connectivity index (χ2v) is 11.3. The topological polar surface area (TPSA) is 105 Å². The average molecular weight is 551 g/mol. The third-order valence-corrected chi connectivity index (χ3v) is 8.09. The fourth-order valence-electron chi connectivity index (χ4n) is 5.85. The minimum atomic E-state index is -1.59. The number of anilines is 1. The van der Waals surface area contributed by atoms with Crippen molar-refractivity contribution < 1.29 is 24.2 Å². The number of piperidine rings is 1. The van der Waals surface area contributed by atoms with Crippen molar-refractivity contribution in [2.24, 2.45) is 11.8 Å². The first-order chi connectivity index (χ1) is 17.9. The van der Waals surface area contributed by atoms with Gasteiger partial charge in [0, 0.05) is 27.7 Å². The van der Waals surface area contributed by atoms with Gasteiger partial charge in [-0.1, -0.05) is 59.0 Å². The summed E-state index contributed by atoms with van der Waals surface area (Å²) >= 11 is 12.7. The minimum absolute atomic E-state index is 0.0737. The Morgan fingerprint density at radius 2 is 1.95 bits per heavy atom. The molecule has 1 saturated heterocycles. The van der Waals surface area contributed by atoms with Crippen LogP contribution in [0.15, 0.2) is 59.7 Å². The molecule has 2 amide bonds. The van der Waals surface area contributed by atoms with Gasteiger partial charge >= 0.3 is 5.97 Å². The highest BCUT2D eigenvalue weighted by atomic mass is 35.5. The second-order valence-electron chi connectivity index (χ2n) is 10.4. The van der Waals surface area contributed by atoms with Crippen LogP contribution >= 0.6 is 23.2 Å². The van der Waals surface area contributed by atoms with Crippen molar-refractivity contribution in [2.45, 2.75) is 43.7 Å². The molecule has 1 spiro atoms. The van der Waals surface area contributed by atoms with Gasteiger partial charge in [-0.15, -0.1) is 0 Å². The van der Waals surface area contributed by atoms with Crippen LogP contribution in [0.2, 0.25) is 5.02 Å². The van der Waals surface area contributed by atoms with Crippen molar-refractivity contribution in [2.75, 3.05) is 5.32 Å². The molecule has 2 aromatic rings. The van der Waals surface area contributed by atoms with Crippen LogP contribution in [-0.2, 0) is 19.8 Å². The molecular weight excluding hydrogens is 526 g/mol. The van der Waals surface area contributed by atoms with Crippen LogP contribution < -0.4 is 20.8 Å². The SMILES string of the molecule is [B]c1ccc(OC(C)(C)C(=O)O)c([C@H]2NC(=O)C[C@@H](C3C=C(Cl)C=CC3)C23C(=O)Nc2cc(Cl)ccc23)c1. The van der Waals surface area contributed by atoms with E-state index in [4.69, 9.17) is 35.8 Å². The number of fused-ring (bicyclic) bond motifs is 2. The summed E-state index contributed by atoms with van der Waals surface area (Å²) in [6.45, 7) is 2.85. The van der Waals surface area contributed by atoms with Crippen molar-refractivity contribution in [1.29, 1.82) is 0 Å². The molecule has 194 valence electrons. The molecule has 4 atom stereocenters. The molecule has 2 aliphatic heterocycles. The Kier molecular flexibility index (Phi) is 6.60. The summed E-state index contributed by atoms with van der Waals surface area (Å²) in [5.74, 6) is -2.27. The molecule has 3 aliphatic rings. The highest BCUT2D eigenvalue weighted by Gasteiger charge is 2.62. The zero-order valence-corrected chi connectivity index (χ0v) is 22.3. The van der Waals surface area contributed by atoms with E-state index in [0.717, 1.165) is 0 Å². The molecule has 2 aromatic carbocycles. The van der Waals surface area contributed by atoms with Gasteiger partial charge in [0.25, 0.3) is 0 Å². The predicted molar refractivity (Wildman–Crippen MR) is 146 cm³/mol. The maximum atomic E-state index is 14.2. The number of aliphatic carboxylic acids is 1. The van der Waals surface area contributed by atoms with Crippen LogP contribution in [0.4, 0.5) is 5.69 Å². The molecule has 0 bridgehead atoms.